The van der Waals surface area contributed by atoms with Gasteiger partial charge < -0.3 is 15.0 Å². The summed E-state index contributed by atoms with van der Waals surface area (Å²) in [5, 5.41) is 4.87. The van der Waals surface area contributed by atoms with Gasteiger partial charge in [0.2, 0.25) is 0 Å². The minimum Gasteiger partial charge on any atom is -0.471 e. The molecule has 0 bridgehead atoms. The molecule has 0 fully saturated rings. The van der Waals surface area contributed by atoms with Gasteiger partial charge in [-0.2, -0.15) is 0 Å². The molecular weight excluding hydrogens is 228 g/mol. The highest BCUT2D eigenvalue weighted by molar-refractivity contribution is 5.85. The number of aromatic nitrogens is 1. The highest BCUT2D eigenvalue weighted by Crippen LogP contribution is 2.29. The molecule has 2 heterocycles. The van der Waals surface area contributed by atoms with Crippen molar-refractivity contribution in [2.75, 3.05) is 13.7 Å². The lowest BCUT2D eigenvalue weighted by Crippen LogP contribution is -2.27. The smallest absolute Gasteiger partial charge is 0.292 e. The first-order valence-electron chi connectivity index (χ1n) is 6.07. The molecular formula is C14H18N2O2. The third kappa shape index (κ3) is 2.38. The molecule has 96 valence electrons. The Bertz CT molecular complexity index is 534. The van der Waals surface area contributed by atoms with E-state index in [0.29, 0.717) is 12.5 Å². The molecule has 1 aromatic heterocycles. The van der Waals surface area contributed by atoms with Gasteiger partial charge in [-0.05, 0) is 31.5 Å². The molecule has 0 saturated carbocycles. The molecule has 1 aliphatic heterocycles. The van der Waals surface area contributed by atoms with E-state index in [1.807, 2.05) is 0 Å². The fourth-order valence-corrected chi connectivity index (χ4v) is 2.38. The molecule has 1 aromatic carbocycles. The van der Waals surface area contributed by atoms with Crippen molar-refractivity contribution in [3.05, 3.63) is 35.5 Å². The second kappa shape index (κ2) is 5.69. The van der Waals surface area contributed by atoms with Gasteiger partial charge in [-0.15, -0.1) is 0 Å². The zero-order valence-electron chi connectivity index (χ0n) is 10.7. The Morgan fingerprint density at radius 2 is 2.11 bits per heavy atom. The van der Waals surface area contributed by atoms with Crippen LogP contribution in [0.25, 0.3) is 10.9 Å². The molecule has 1 unspecified atom stereocenters. The number of hydrogen-bond donors (Lipinski definition) is 2. The summed E-state index contributed by atoms with van der Waals surface area (Å²) < 4.78 is 3.86. The average molecular weight is 246 g/mol. The zero-order chi connectivity index (χ0) is 13.0. The minimum absolute atomic E-state index is 0.375. The fraction of sp³-hybridized carbons (Fsp3) is 0.357. The second-order valence-electron chi connectivity index (χ2n) is 4.32. The number of H-pyrrole nitrogens is 1. The van der Waals surface area contributed by atoms with Gasteiger partial charge in [-0.1, -0.05) is 18.2 Å². The lowest BCUT2D eigenvalue weighted by Gasteiger charge is -2.20. The third-order valence-corrected chi connectivity index (χ3v) is 3.20. The molecule has 1 aliphatic rings. The van der Waals surface area contributed by atoms with E-state index in [2.05, 4.69) is 46.2 Å². The summed E-state index contributed by atoms with van der Waals surface area (Å²) in [6.07, 6.45) is 1.14. The second-order valence-corrected chi connectivity index (χ2v) is 4.32. The van der Waals surface area contributed by atoms with Gasteiger partial charge in [-0.25, -0.2) is 0 Å². The van der Waals surface area contributed by atoms with Crippen LogP contribution in [-0.2, 0) is 16.0 Å². The summed E-state index contributed by atoms with van der Waals surface area (Å²) in [7, 11) is 1.31. The fourth-order valence-electron chi connectivity index (χ4n) is 2.38. The Hall–Kier alpha value is -1.81. The number of hydrogen-bond acceptors (Lipinski definition) is 3. The summed E-state index contributed by atoms with van der Waals surface area (Å²) in [6, 6.07) is 9.03. The quantitative estimate of drug-likeness (QED) is 0.758. The molecule has 2 aromatic rings. The predicted molar refractivity (Wildman–Crippen MR) is 71.5 cm³/mol. The lowest BCUT2D eigenvalue weighted by molar-refractivity contribution is -0.126. The summed E-state index contributed by atoms with van der Waals surface area (Å²) >= 11 is 0. The number of fused-ring (bicyclic) bond motifs is 3. The first-order valence-corrected chi connectivity index (χ1v) is 6.07. The maximum absolute atomic E-state index is 8.95. The molecule has 4 nitrogen and oxygen atoms in total. The number of carbonyl (C=O) groups is 1. The number of aromatic amines is 1. The number of carbonyl (C=O) groups excluding carboxylic acids is 1. The molecule has 2 N–H and O–H groups in total. The van der Waals surface area contributed by atoms with E-state index < -0.39 is 0 Å². The van der Waals surface area contributed by atoms with Crippen LogP contribution in [0.2, 0.25) is 0 Å². The Balaban J connectivity index is 0.000000267. The molecule has 3 rings (SSSR count). The van der Waals surface area contributed by atoms with Gasteiger partial charge in [0.1, 0.15) is 0 Å². The summed E-state index contributed by atoms with van der Waals surface area (Å²) in [5.41, 5.74) is 4.15. The number of benzene rings is 1. The normalized spacial score (nSPS) is 17.6. The Morgan fingerprint density at radius 3 is 2.83 bits per heavy atom. The molecule has 0 amide bonds. The topological polar surface area (TPSA) is 54.1 Å². The van der Waals surface area contributed by atoms with Crippen molar-refractivity contribution in [1.82, 2.24) is 10.3 Å². The maximum atomic E-state index is 8.95. The van der Waals surface area contributed by atoms with Crippen LogP contribution in [0.4, 0.5) is 0 Å². The molecule has 0 radical (unpaired) electrons. The van der Waals surface area contributed by atoms with E-state index in [0.717, 1.165) is 13.0 Å². The van der Waals surface area contributed by atoms with Crippen LogP contribution >= 0.6 is 0 Å². The Kier molecular flexibility index (Phi) is 3.99. The first-order chi connectivity index (χ1) is 8.77. The van der Waals surface area contributed by atoms with Gasteiger partial charge in [0, 0.05) is 22.6 Å². The van der Waals surface area contributed by atoms with E-state index >= 15 is 0 Å². The molecule has 4 heteroatoms. The van der Waals surface area contributed by atoms with E-state index in [9.17, 15) is 0 Å². The van der Waals surface area contributed by atoms with Crippen LogP contribution in [0, 0.1) is 0 Å². The van der Waals surface area contributed by atoms with Crippen molar-refractivity contribution in [3.63, 3.8) is 0 Å². The van der Waals surface area contributed by atoms with E-state index in [4.69, 9.17) is 4.79 Å². The molecule has 1 atom stereocenters. The molecule has 0 spiro atoms. The predicted octanol–water partition coefficient (Wildman–Crippen LogP) is 2.16. The van der Waals surface area contributed by atoms with Gasteiger partial charge in [0.25, 0.3) is 6.47 Å². The van der Waals surface area contributed by atoms with E-state index in [-0.39, 0.29) is 0 Å². The largest absolute Gasteiger partial charge is 0.471 e. The maximum Gasteiger partial charge on any atom is 0.292 e. The van der Waals surface area contributed by atoms with Crippen molar-refractivity contribution >= 4 is 17.4 Å². The van der Waals surface area contributed by atoms with Crippen LogP contribution in [0.3, 0.4) is 0 Å². The van der Waals surface area contributed by atoms with Gasteiger partial charge in [-0.3, -0.25) is 4.79 Å². The summed E-state index contributed by atoms with van der Waals surface area (Å²) in [4.78, 5) is 12.5. The highest BCUT2D eigenvalue weighted by atomic mass is 16.5. The van der Waals surface area contributed by atoms with Gasteiger partial charge in [0.05, 0.1) is 7.11 Å². The van der Waals surface area contributed by atoms with E-state index in [1.54, 1.807) is 0 Å². The lowest BCUT2D eigenvalue weighted by atomic mass is 10.0. The van der Waals surface area contributed by atoms with Crippen LogP contribution in [0.1, 0.15) is 24.2 Å². The minimum atomic E-state index is 0.375. The molecule has 0 aliphatic carbocycles. The van der Waals surface area contributed by atoms with Crippen LogP contribution in [0.15, 0.2) is 24.3 Å². The number of rotatable bonds is 1. The highest BCUT2D eigenvalue weighted by Gasteiger charge is 2.19. The SMILES string of the molecule is CC1NCCc2c1[nH]c1ccccc21.COC=O. The Labute approximate surface area is 106 Å². The number of para-hydroxylation sites is 1. The zero-order valence-corrected chi connectivity index (χ0v) is 10.7. The number of nitrogens with one attached hydrogen (secondary N) is 2. The average Bonchev–Trinajstić information content (AvgIpc) is 2.80. The van der Waals surface area contributed by atoms with Crippen molar-refractivity contribution in [2.45, 2.75) is 19.4 Å². The van der Waals surface area contributed by atoms with Crippen molar-refractivity contribution in [3.8, 4) is 0 Å². The number of ether oxygens (including phenoxy) is 1. The first kappa shape index (κ1) is 12.6. The monoisotopic (exact) mass is 246 g/mol. The van der Waals surface area contributed by atoms with Crippen LogP contribution in [-0.4, -0.2) is 25.1 Å². The molecule has 0 saturated heterocycles. The third-order valence-electron chi connectivity index (χ3n) is 3.20. The standard InChI is InChI=1S/C12H14N2.C2H4O2/c1-8-12-10(6-7-13-8)9-4-2-3-5-11(9)14-12;1-4-2-3/h2-5,8,13-14H,6-7H2,1H3;2H,1H3. The molecule has 18 heavy (non-hydrogen) atoms. The van der Waals surface area contributed by atoms with Crippen LogP contribution in [0.5, 0.6) is 0 Å². The van der Waals surface area contributed by atoms with E-state index in [1.165, 1.54) is 29.3 Å². The van der Waals surface area contributed by atoms with Gasteiger partial charge in [0.15, 0.2) is 0 Å². The van der Waals surface area contributed by atoms with Crippen molar-refractivity contribution < 1.29 is 9.53 Å². The number of methoxy groups -OCH3 is 1. The van der Waals surface area contributed by atoms with Crippen molar-refractivity contribution in [1.29, 1.82) is 0 Å². The summed E-state index contributed by atoms with van der Waals surface area (Å²) in [5.74, 6) is 0. The van der Waals surface area contributed by atoms with Gasteiger partial charge >= 0.3 is 0 Å². The van der Waals surface area contributed by atoms with Crippen LogP contribution < -0.4 is 5.32 Å². The Morgan fingerprint density at radius 1 is 1.39 bits per heavy atom. The van der Waals surface area contributed by atoms with Crippen molar-refractivity contribution in [2.24, 2.45) is 0 Å². The summed E-state index contributed by atoms with van der Waals surface area (Å²) in [6.45, 7) is 3.68.